The summed E-state index contributed by atoms with van der Waals surface area (Å²) in [6.07, 6.45) is 1.57. The van der Waals surface area contributed by atoms with Gasteiger partial charge in [0, 0.05) is 17.7 Å². The average Bonchev–Trinajstić information content (AvgIpc) is 2.89. The predicted octanol–water partition coefficient (Wildman–Crippen LogP) is 3.03. The molecule has 0 aromatic heterocycles. The molecule has 2 aromatic carbocycles. The van der Waals surface area contributed by atoms with Crippen LogP contribution in [0.2, 0.25) is 0 Å². The van der Waals surface area contributed by atoms with Crippen LogP contribution in [0, 0.1) is 0 Å². The maximum Gasteiger partial charge on any atom is 0.231 e. The van der Waals surface area contributed by atoms with E-state index in [2.05, 4.69) is 0 Å². The fourth-order valence-electron chi connectivity index (χ4n) is 2.48. The van der Waals surface area contributed by atoms with Crippen molar-refractivity contribution in [3.05, 3.63) is 47.2 Å². The van der Waals surface area contributed by atoms with Gasteiger partial charge in [-0.1, -0.05) is 0 Å². The average molecular weight is 328 g/mol. The number of carbonyl (C=O) groups excluding carboxylic acids is 1. The van der Waals surface area contributed by atoms with Gasteiger partial charge in [0.15, 0.2) is 17.3 Å². The fraction of sp³-hybridized carbons (Fsp3) is 0.167. The van der Waals surface area contributed by atoms with Crippen LogP contribution in [0.5, 0.6) is 28.7 Å². The largest absolute Gasteiger partial charge is 0.508 e. The van der Waals surface area contributed by atoms with E-state index in [1.807, 2.05) is 0 Å². The summed E-state index contributed by atoms with van der Waals surface area (Å²) in [6.45, 7) is 0. The van der Waals surface area contributed by atoms with Crippen LogP contribution in [-0.2, 0) is 0 Å². The van der Waals surface area contributed by atoms with Crippen LogP contribution in [0.1, 0.15) is 15.9 Å². The number of carbonyl (C=O) groups is 1. The van der Waals surface area contributed by atoms with Crippen molar-refractivity contribution in [2.24, 2.45) is 0 Å². The zero-order chi connectivity index (χ0) is 17.3. The van der Waals surface area contributed by atoms with Crippen molar-refractivity contribution in [1.29, 1.82) is 0 Å². The molecule has 6 heteroatoms. The van der Waals surface area contributed by atoms with E-state index in [1.54, 1.807) is 18.2 Å². The third kappa shape index (κ3) is 2.62. The van der Waals surface area contributed by atoms with Crippen molar-refractivity contribution >= 4 is 11.9 Å². The quantitative estimate of drug-likeness (QED) is 0.870. The summed E-state index contributed by atoms with van der Waals surface area (Å²) in [5.74, 6) is 1.77. The van der Waals surface area contributed by atoms with Gasteiger partial charge in [0.05, 0.1) is 26.9 Å². The summed E-state index contributed by atoms with van der Waals surface area (Å²) in [6, 6.07) is 7.74. The third-order valence-corrected chi connectivity index (χ3v) is 3.68. The van der Waals surface area contributed by atoms with E-state index in [4.69, 9.17) is 18.9 Å². The number of ether oxygens (including phenoxy) is 4. The zero-order valence-corrected chi connectivity index (χ0v) is 13.5. The molecule has 1 aliphatic heterocycles. The van der Waals surface area contributed by atoms with Crippen molar-refractivity contribution < 1.29 is 28.8 Å². The Morgan fingerprint density at radius 3 is 2.29 bits per heavy atom. The van der Waals surface area contributed by atoms with E-state index in [9.17, 15) is 9.90 Å². The Balaban J connectivity index is 2.05. The Morgan fingerprint density at radius 1 is 0.958 bits per heavy atom. The number of ketones is 1. The number of methoxy groups -OCH3 is 3. The molecule has 0 saturated carbocycles. The summed E-state index contributed by atoms with van der Waals surface area (Å²) in [5, 5.41) is 9.51. The van der Waals surface area contributed by atoms with Crippen LogP contribution in [-0.4, -0.2) is 32.2 Å². The molecule has 0 radical (unpaired) electrons. The molecular weight excluding hydrogens is 312 g/mol. The molecule has 1 aliphatic rings. The molecule has 0 amide bonds. The molecule has 0 fully saturated rings. The highest BCUT2D eigenvalue weighted by Gasteiger charge is 2.28. The summed E-state index contributed by atoms with van der Waals surface area (Å²) >= 11 is 0. The van der Waals surface area contributed by atoms with E-state index in [1.165, 1.54) is 39.5 Å². The first-order chi connectivity index (χ1) is 11.6. The van der Waals surface area contributed by atoms with Gasteiger partial charge in [-0.05, 0) is 24.3 Å². The van der Waals surface area contributed by atoms with E-state index in [0.29, 0.717) is 34.1 Å². The van der Waals surface area contributed by atoms with Gasteiger partial charge in [0.1, 0.15) is 17.2 Å². The molecule has 24 heavy (non-hydrogen) atoms. The lowest BCUT2D eigenvalue weighted by Gasteiger charge is -2.12. The first kappa shape index (κ1) is 15.7. The molecule has 124 valence electrons. The first-order valence-corrected chi connectivity index (χ1v) is 7.14. The standard InChI is InChI=1S/C18H16O6/c1-21-13-9-16(23-3)15(22-2)6-10(13)7-17-18(20)12-5-4-11(19)8-14(12)24-17/h4-9,19H,1-3H3/b17-7-. The summed E-state index contributed by atoms with van der Waals surface area (Å²) < 4.78 is 21.4. The number of hydrogen-bond donors (Lipinski definition) is 1. The lowest BCUT2D eigenvalue weighted by molar-refractivity contribution is 0.101. The maximum absolute atomic E-state index is 12.4. The number of benzene rings is 2. The van der Waals surface area contributed by atoms with Crippen LogP contribution >= 0.6 is 0 Å². The van der Waals surface area contributed by atoms with Gasteiger partial charge in [0.2, 0.25) is 5.78 Å². The van der Waals surface area contributed by atoms with Gasteiger partial charge in [-0.25, -0.2) is 0 Å². The maximum atomic E-state index is 12.4. The monoisotopic (exact) mass is 328 g/mol. The highest BCUT2D eigenvalue weighted by Crippen LogP contribution is 2.38. The molecule has 6 nitrogen and oxygen atoms in total. The highest BCUT2D eigenvalue weighted by molar-refractivity contribution is 6.14. The van der Waals surface area contributed by atoms with E-state index in [0.717, 1.165) is 0 Å². The molecule has 1 heterocycles. The second-order valence-electron chi connectivity index (χ2n) is 5.07. The third-order valence-electron chi connectivity index (χ3n) is 3.68. The molecule has 1 N–H and O–H groups in total. The molecule has 0 aliphatic carbocycles. The van der Waals surface area contributed by atoms with Crippen LogP contribution in [0.25, 0.3) is 6.08 Å². The van der Waals surface area contributed by atoms with E-state index < -0.39 is 0 Å². The molecule has 0 atom stereocenters. The number of allylic oxidation sites excluding steroid dienone is 1. The zero-order valence-electron chi connectivity index (χ0n) is 13.5. The van der Waals surface area contributed by atoms with Crippen molar-refractivity contribution in [3.63, 3.8) is 0 Å². The molecule has 0 bridgehead atoms. The normalized spacial score (nSPS) is 14.3. The van der Waals surface area contributed by atoms with Gasteiger partial charge >= 0.3 is 0 Å². The number of hydrogen-bond acceptors (Lipinski definition) is 6. The lowest BCUT2D eigenvalue weighted by atomic mass is 10.1. The minimum Gasteiger partial charge on any atom is -0.508 e. The SMILES string of the molecule is COc1cc(OC)c(OC)cc1/C=C1\Oc2cc(O)ccc2C1=O. The van der Waals surface area contributed by atoms with Gasteiger partial charge in [0.25, 0.3) is 0 Å². The van der Waals surface area contributed by atoms with Crippen molar-refractivity contribution in [2.45, 2.75) is 0 Å². The van der Waals surface area contributed by atoms with Gasteiger partial charge in [-0.15, -0.1) is 0 Å². The number of phenolic OH excluding ortho intramolecular Hbond substituents is 1. The topological polar surface area (TPSA) is 74.2 Å². The summed E-state index contributed by atoms with van der Waals surface area (Å²) in [7, 11) is 4.58. The molecule has 0 unspecified atom stereocenters. The molecule has 0 saturated heterocycles. The number of fused-ring (bicyclic) bond motifs is 1. The summed E-state index contributed by atoms with van der Waals surface area (Å²) in [4.78, 5) is 12.4. The van der Waals surface area contributed by atoms with Crippen LogP contribution < -0.4 is 18.9 Å². The van der Waals surface area contributed by atoms with Crippen LogP contribution in [0.15, 0.2) is 36.1 Å². The van der Waals surface area contributed by atoms with E-state index in [-0.39, 0.29) is 17.3 Å². The van der Waals surface area contributed by atoms with Gasteiger partial charge < -0.3 is 24.1 Å². The van der Waals surface area contributed by atoms with E-state index >= 15 is 0 Å². The Bertz CT molecular complexity index is 838. The lowest BCUT2D eigenvalue weighted by Crippen LogP contribution is -2.00. The van der Waals surface area contributed by atoms with Crippen molar-refractivity contribution in [3.8, 4) is 28.7 Å². The van der Waals surface area contributed by atoms with Gasteiger partial charge in [-0.3, -0.25) is 4.79 Å². The number of Topliss-reactive ketones (excluding diaryl/α,β-unsaturated/α-hetero) is 1. The molecule has 2 aromatic rings. The van der Waals surface area contributed by atoms with Crippen molar-refractivity contribution in [2.75, 3.05) is 21.3 Å². The fourth-order valence-corrected chi connectivity index (χ4v) is 2.48. The Morgan fingerprint density at radius 2 is 1.62 bits per heavy atom. The molecule has 3 rings (SSSR count). The number of rotatable bonds is 4. The Labute approximate surface area is 138 Å². The highest BCUT2D eigenvalue weighted by atomic mass is 16.5. The smallest absolute Gasteiger partial charge is 0.231 e. The minimum absolute atomic E-state index is 0.0338. The van der Waals surface area contributed by atoms with Crippen LogP contribution in [0.4, 0.5) is 0 Å². The predicted molar refractivity (Wildman–Crippen MR) is 87.1 cm³/mol. The van der Waals surface area contributed by atoms with Crippen LogP contribution in [0.3, 0.4) is 0 Å². The Kier molecular flexibility index (Phi) is 4.04. The number of aromatic hydroxyl groups is 1. The second kappa shape index (κ2) is 6.16. The van der Waals surface area contributed by atoms with Gasteiger partial charge in [-0.2, -0.15) is 0 Å². The Hall–Kier alpha value is -3.15. The molecular formula is C18H16O6. The second-order valence-corrected chi connectivity index (χ2v) is 5.07. The number of phenols is 1. The summed E-state index contributed by atoms with van der Waals surface area (Å²) in [5.41, 5.74) is 1.01. The van der Waals surface area contributed by atoms with Crippen molar-refractivity contribution in [1.82, 2.24) is 0 Å². The first-order valence-electron chi connectivity index (χ1n) is 7.14. The minimum atomic E-state index is -0.262. The molecule has 0 spiro atoms.